The molecule has 20 heavy (non-hydrogen) atoms. The molecule has 0 aliphatic heterocycles. The average Bonchev–Trinajstić information content (AvgIpc) is 2.44. The third kappa shape index (κ3) is 3.86. The average molecular weight is 277 g/mol. The van der Waals surface area contributed by atoms with Gasteiger partial charge in [0.15, 0.2) is 0 Å². The molecule has 3 nitrogen and oxygen atoms in total. The molecule has 0 atom stereocenters. The van der Waals surface area contributed by atoms with Gasteiger partial charge in [0.1, 0.15) is 11.6 Å². The van der Waals surface area contributed by atoms with Crippen LogP contribution in [0, 0.1) is 11.6 Å². The maximum atomic E-state index is 13.3. The highest BCUT2D eigenvalue weighted by atomic mass is 19.1. The quantitative estimate of drug-likeness (QED) is 0.853. The molecule has 0 bridgehead atoms. The molecule has 0 radical (unpaired) electrons. The number of nitrogens with one attached hydrogen (secondary N) is 1. The Morgan fingerprint density at radius 2 is 1.65 bits per heavy atom. The maximum absolute atomic E-state index is 13.3. The molecule has 1 amide bonds. The molecule has 5 heteroatoms. The van der Waals surface area contributed by atoms with Crippen molar-refractivity contribution in [3.63, 3.8) is 0 Å². The molecule has 0 aromatic heterocycles. The van der Waals surface area contributed by atoms with E-state index >= 15 is 0 Å². The lowest BCUT2D eigenvalue weighted by atomic mass is 10.1. The van der Waals surface area contributed by atoms with Crippen LogP contribution >= 0.6 is 0 Å². The molecule has 0 fully saturated rings. The monoisotopic (exact) mass is 277 g/mol. The minimum Gasteiger partial charge on any atom is -0.272 e. The summed E-state index contributed by atoms with van der Waals surface area (Å²) < 4.78 is 26.7. The summed E-state index contributed by atoms with van der Waals surface area (Å²) in [6, 6.07) is 12.7. The van der Waals surface area contributed by atoms with Crippen LogP contribution in [-0.2, 0) is 22.7 Å². The zero-order valence-corrected chi connectivity index (χ0v) is 10.6. The van der Waals surface area contributed by atoms with E-state index in [9.17, 15) is 13.6 Å². The zero-order chi connectivity index (χ0) is 14.4. The Labute approximate surface area is 115 Å². The Hall–Kier alpha value is -2.27. The van der Waals surface area contributed by atoms with E-state index in [2.05, 4.69) is 5.48 Å². The fraction of sp³-hybridized carbons (Fsp3) is 0.133. The van der Waals surface area contributed by atoms with Crippen molar-refractivity contribution in [2.75, 3.05) is 0 Å². The summed E-state index contributed by atoms with van der Waals surface area (Å²) in [5.41, 5.74) is 2.77. The number of hydroxylamine groups is 1. The first-order valence-corrected chi connectivity index (χ1v) is 6.04. The van der Waals surface area contributed by atoms with Crippen molar-refractivity contribution in [1.82, 2.24) is 5.48 Å². The fourth-order valence-electron chi connectivity index (χ4n) is 1.67. The summed E-state index contributed by atoms with van der Waals surface area (Å²) >= 11 is 0. The van der Waals surface area contributed by atoms with E-state index < -0.39 is 24.0 Å². The molecule has 0 unspecified atom stereocenters. The van der Waals surface area contributed by atoms with Gasteiger partial charge in [-0.25, -0.2) is 14.3 Å². The van der Waals surface area contributed by atoms with E-state index in [-0.39, 0.29) is 12.2 Å². The molecule has 2 aromatic carbocycles. The molecule has 0 aliphatic rings. The van der Waals surface area contributed by atoms with E-state index in [1.165, 1.54) is 6.07 Å². The summed E-state index contributed by atoms with van der Waals surface area (Å²) in [6.07, 6.45) is -0.409. The minimum absolute atomic E-state index is 0.187. The van der Waals surface area contributed by atoms with Crippen LogP contribution in [0.1, 0.15) is 11.1 Å². The SMILES string of the molecule is O=C(Cc1c(F)cccc1F)NOCc1ccccc1. The van der Waals surface area contributed by atoms with Gasteiger partial charge in [-0.15, -0.1) is 0 Å². The maximum Gasteiger partial charge on any atom is 0.248 e. The Balaban J connectivity index is 1.84. The predicted molar refractivity (Wildman–Crippen MR) is 69.4 cm³/mol. The first-order valence-electron chi connectivity index (χ1n) is 6.04. The normalized spacial score (nSPS) is 10.3. The number of halogens is 2. The number of benzene rings is 2. The summed E-state index contributed by atoms with van der Waals surface area (Å²) in [5.74, 6) is -2.10. The van der Waals surface area contributed by atoms with Crippen LogP contribution in [0.4, 0.5) is 8.78 Å². The third-order valence-electron chi connectivity index (χ3n) is 2.67. The highest BCUT2D eigenvalue weighted by Crippen LogP contribution is 2.12. The largest absolute Gasteiger partial charge is 0.272 e. The Morgan fingerprint density at radius 1 is 1.00 bits per heavy atom. The second kappa shape index (κ2) is 6.77. The highest BCUT2D eigenvalue weighted by molar-refractivity contribution is 5.77. The third-order valence-corrected chi connectivity index (χ3v) is 2.67. The highest BCUT2D eigenvalue weighted by Gasteiger charge is 2.12. The smallest absolute Gasteiger partial charge is 0.248 e. The van der Waals surface area contributed by atoms with Gasteiger partial charge in [0.2, 0.25) is 5.91 Å². The number of hydrogen-bond acceptors (Lipinski definition) is 2. The first-order chi connectivity index (χ1) is 9.66. The van der Waals surface area contributed by atoms with Crippen LogP contribution < -0.4 is 5.48 Å². The van der Waals surface area contributed by atoms with Gasteiger partial charge in [0.25, 0.3) is 0 Å². The van der Waals surface area contributed by atoms with Crippen molar-refractivity contribution < 1.29 is 18.4 Å². The van der Waals surface area contributed by atoms with Crippen LogP contribution in [-0.4, -0.2) is 5.91 Å². The van der Waals surface area contributed by atoms with E-state index in [0.29, 0.717) is 0 Å². The molecule has 0 saturated heterocycles. The van der Waals surface area contributed by atoms with E-state index in [1.807, 2.05) is 30.3 Å². The molecule has 0 aliphatic carbocycles. The lowest BCUT2D eigenvalue weighted by molar-refractivity contribution is -0.133. The topological polar surface area (TPSA) is 38.3 Å². The molecule has 0 spiro atoms. The minimum atomic E-state index is -0.747. The molecule has 2 aromatic rings. The van der Waals surface area contributed by atoms with Crippen molar-refractivity contribution in [3.8, 4) is 0 Å². The Bertz CT molecular complexity index is 567. The fourth-order valence-corrected chi connectivity index (χ4v) is 1.67. The molecule has 104 valence electrons. The first kappa shape index (κ1) is 14.1. The van der Waals surface area contributed by atoms with E-state index in [0.717, 1.165) is 17.7 Å². The Morgan fingerprint density at radius 3 is 2.30 bits per heavy atom. The summed E-state index contributed by atoms with van der Waals surface area (Å²) in [4.78, 5) is 16.5. The zero-order valence-electron chi connectivity index (χ0n) is 10.6. The molecule has 2 rings (SSSR count). The van der Waals surface area contributed by atoms with Gasteiger partial charge in [0.05, 0.1) is 13.0 Å². The van der Waals surface area contributed by atoms with Gasteiger partial charge in [-0.2, -0.15) is 0 Å². The van der Waals surface area contributed by atoms with Crippen LogP contribution in [0.25, 0.3) is 0 Å². The van der Waals surface area contributed by atoms with Crippen LogP contribution in [0.15, 0.2) is 48.5 Å². The van der Waals surface area contributed by atoms with Crippen LogP contribution in [0.2, 0.25) is 0 Å². The molecular weight excluding hydrogens is 264 g/mol. The second-order valence-electron chi connectivity index (χ2n) is 4.18. The van der Waals surface area contributed by atoms with Gasteiger partial charge < -0.3 is 0 Å². The van der Waals surface area contributed by atoms with Gasteiger partial charge in [0, 0.05) is 5.56 Å². The molecular formula is C15H13F2NO2. The van der Waals surface area contributed by atoms with Crippen molar-refractivity contribution in [1.29, 1.82) is 0 Å². The van der Waals surface area contributed by atoms with Gasteiger partial charge in [-0.05, 0) is 17.7 Å². The number of carbonyl (C=O) groups excluding carboxylic acids is 1. The van der Waals surface area contributed by atoms with E-state index in [4.69, 9.17) is 4.84 Å². The number of carbonyl (C=O) groups is 1. The molecule has 0 heterocycles. The van der Waals surface area contributed by atoms with Crippen molar-refractivity contribution >= 4 is 5.91 Å². The van der Waals surface area contributed by atoms with Crippen molar-refractivity contribution in [3.05, 3.63) is 71.3 Å². The second-order valence-corrected chi connectivity index (χ2v) is 4.18. The van der Waals surface area contributed by atoms with Crippen molar-refractivity contribution in [2.24, 2.45) is 0 Å². The molecule has 0 saturated carbocycles. The van der Waals surface area contributed by atoms with Crippen LogP contribution in [0.5, 0.6) is 0 Å². The van der Waals surface area contributed by atoms with Gasteiger partial charge >= 0.3 is 0 Å². The standard InChI is InChI=1S/C15H13F2NO2/c16-13-7-4-8-14(17)12(13)9-15(19)18-20-10-11-5-2-1-3-6-11/h1-8H,9-10H2,(H,18,19). The predicted octanol–water partition coefficient (Wildman–Crippen LogP) is 2.76. The number of rotatable bonds is 5. The van der Waals surface area contributed by atoms with Crippen molar-refractivity contribution in [2.45, 2.75) is 13.0 Å². The Kier molecular flexibility index (Phi) is 4.79. The number of hydrogen-bond donors (Lipinski definition) is 1. The summed E-state index contributed by atoms with van der Waals surface area (Å²) in [5, 5.41) is 0. The van der Waals surface area contributed by atoms with Gasteiger partial charge in [-0.3, -0.25) is 9.63 Å². The molecule has 1 N–H and O–H groups in total. The summed E-state index contributed by atoms with van der Waals surface area (Å²) in [6.45, 7) is 0.187. The summed E-state index contributed by atoms with van der Waals surface area (Å²) in [7, 11) is 0. The number of amides is 1. The van der Waals surface area contributed by atoms with E-state index in [1.54, 1.807) is 0 Å². The van der Waals surface area contributed by atoms with Crippen LogP contribution in [0.3, 0.4) is 0 Å². The lowest BCUT2D eigenvalue weighted by Crippen LogP contribution is -2.26. The van der Waals surface area contributed by atoms with Gasteiger partial charge in [-0.1, -0.05) is 36.4 Å². The lowest BCUT2D eigenvalue weighted by Gasteiger charge is -2.07.